The Morgan fingerprint density at radius 3 is 2.20 bits per heavy atom. The molecule has 0 spiro atoms. The fourth-order valence-corrected chi connectivity index (χ4v) is 2.13. The van der Waals surface area contributed by atoms with Gasteiger partial charge in [0.1, 0.15) is 5.60 Å². The van der Waals surface area contributed by atoms with Crippen LogP contribution in [0.1, 0.15) is 33.3 Å². The van der Waals surface area contributed by atoms with E-state index in [-0.39, 0.29) is 17.9 Å². The fraction of sp³-hybridized carbons (Fsp3) is 0.611. The molecule has 0 aliphatic carbocycles. The van der Waals surface area contributed by atoms with E-state index < -0.39 is 5.60 Å². The van der Waals surface area contributed by atoms with Crippen LogP contribution in [0.4, 0.5) is 4.79 Å². The van der Waals surface area contributed by atoms with Crippen molar-refractivity contribution in [3.05, 3.63) is 17.7 Å². The van der Waals surface area contributed by atoms with Crippen molar-refractivity contribution in [3.8, 4) is 17.2 Å². The number of carbonyl (C=O) groups is 1. The molecule has 2 N–H and O–H groups in total. The normalized spacial score (nSPS) is 12.4. The average Bonchev–Trinajstić information content (AvgIpc) is 2.53. The Morgan fingerprint density at radius 2 is 1.76 bits per heavy atom. The predicted octanol–water partition coefficient (Wildman–Crippen LogP) is 2.75. The molecule has 0 aromatic heterocycles. The van der Waals surface area contributed by atoms with Crippen LogP contribution in [0.2, 0.25) is 0 Å². The van der Waals surface area contributed by atoms with Gasteiger partial charge in [-0.05, 0) is 45.4 Å². The molecular weight excluding hydrogens is 324 g/mol. The van der Waals surface area contributed by atoms with Gasteiger partial charge in [0.05, 0.1) is 14.2 Å². The van der Waals surface area contributed by atoms with Crippen molar-refractivity contribution in [2.24, 2.45) is 0 Å². The monoisotopic (exact) mass is 354 g/mol. The van der Waals surface area contributed by atoms with E-state index in [1.807, 2.05) is 27.7 Å². The number of benzene rings is 1. The largest absolute Gasteiger partial charge is 0.502 e. The highest BCUT2D eigenvalue weighted by Crippen LogP contribution is 2.36. The van der Waals surface area contributed by atoms with Gasteiger partial charge in [0.15, 0.2) is 11.5 Å². The molecule has 0 aliphatic heterocycles. The molecular formula is C18H30N2O5. The Kier molecular flexibility index (Phi) is 7.36. The van der Waals surface area contributed by atoms with E-state index in [2.05, 4.69) is 5.32 Å². The highest BCUT2D eigenvalue weighted by molar-refractivity contribution is 5.68. The number of likely N-dealkylation sites (N-methyl/N-ethyl adjacent to an activating group) is 1. The van der Waals surface area contributed by atoms with Gasteiger partial charge in [0, 0.05) is 26.2 Å². The van der Waals surface area contributed by atoms with Gasteiger partial charge in [0.2, 0.25) is 5.75 Å². The van der Waals surface area contributed by atoms with Crippen LogP contribution >= 0.6 is 0 Å². The lowest BCUT2D eigenvalue weighted by Crippen LogP contribution is -2.43. The first-order valence-electron chi connectivity index (χ1n) is 8.19. The second kappa shape index (κ2) is 8.80. The minimum Gasteiger partial charge on any atom is -0.502 e. The van der Waals surface area contributed by atoms with E-state index in [4.69, 9.17) is 14.2 Å². The number of nitrogens with zero attached hydrogens (tertiary/aromatic N) is 1. The maximum atomic E-state index is 12.1. The van der Waals surface area contributed by atoms with Crippen LogP contribution < -0.4 is 14.8 Å². The predicted molar refractivity (Wildman–Crippen MR) is 96.4 cm³/mol. The minimum absolute atomic E-state index is 0.0215. The molecule has 0 aliphatic rings. The van der Waals surface area contributed by atoms with E-state index in [0.29, 0.717) is 24.6 Å². The Hall–Kier alpha value is -2.15. The van der Waals surface area contributed by atoms with Crippen molar-refractivity contribution >= 4 is 6.09 Å². The number of nitrogens with one attached hydrogen (secondary N) is 1. The van der Waals surface area contributed by atoms with Crippen molar-refractivity contribution in [3.63, 3.8) is 0 Å². The molecule has 0 saturated carbocycles. The van der Waals surface area contributed by atoms with Crippen molar-refractivity contribution in [1.82, 2.24) is 10.2 Å². The topological polar surface area (TPSA) is 80.3 Å². The number of phenols is 1. The van der Waals surface area contributed by atoms with Crippen molar-refractivity contribution in [2.75, 3.05) is 27.8 Å². The van der Waals surface area contributed by atoms with E-state index in [1.165, 1.54) is 14.2 Å². The second-order valence-electron chi connectivity index (χ2n) is 6.92. The Balaban J connectivity index is 2.61. The summed E-state index contributed by atoms with van der Waals surface area (Å²) in [6.07, 6.45) is -0.352. The van der Waals surface area contributed by atoms with Crippen LogP contribution in [0.25, 0.3) is 0 Å². The first-order chi connectivity index (χ1) is 11.6. The standard InChI is InChI=1S/C18H30N2O5/c1-12(20(5)17(22)25-18(2,3)4)10-19-11-13-8-14(23-6)16(21)15(9-13)24-7/h8-9,12,19,21H,10-11H2,1-7H3. The lowest BCUT2D eigenvalue weighted by molar-refractivity contribution is 0.0236. The Labute approximate surface area is 149 Å². The highest BCUT2D eigenvalue weighted by atomic mass is 16.6. The highest BCUT2D eigenvalue weighted by Gasteiger charge is 2.22. The van der Waals surface area contributed by atoms with Gasteiger partial charge in [-0.15, -0.1) is 0 Å². The summed E-state index contributed by atoms with van der Waals surface area (Å²) in [5.74, 6) is 0.692. The second-order valence-corrected chi connectivity index (χ2v) is 6.92. The van der Waals surface area contributed by atoms with Gasteiger partial charge < -0.3 is 29.5 Å². The van der Waals surface area contributed by atoms with Crippen molar-refractivity contribution < 1.29 is 24.1 Å². The molecule has 1 atom stereocenters. The van der Waals surface area contributed by atoms with Crippen LogP contribution in [0.15, 0.2) is 12.1 Å². The van der Waals surface area contributed by atoms with Gasteiger partial charge in [-0.2, -0.15) is 0 Å². The third kappa shape index (κ3) is 6.34. The molecule has 1 aromatic carbocycles. The van der Waals surface area contributed by atoms with Crippen LogP contribution in [0, 0.1) is 0 Å². The SMILES string of the molecule is COc1cc(CNCC(C)N(C)C(=O)OC(C)(C)C)cc(OC)c1O. The summed E-state index contributed by atoms with van der Waals surface area (Å²) in [5, 5.41) is 13.2. The summed E-state index contributed by atoms with van der Waals surface area (Å²) >= 11 is 0. The number of phenolic OH excluding ortho intramolecular Hbond substituents is 1. The first kappa shape index (κ1) is 20.9. The molecule has 0 fully saturated rings. The van der Waals surface area contributed by atoms with Gasteiger partial charge in [-0.1, -0.05) is 0 Å². The lowest BCUT2D eigenvalue weighted by Gasteiger charge is -2.29. The maximum Gasteiger partial charge on any atom is 0.410 e. The molecule has 0 saturated heterocycles. The number of aromatic hydroxyl groups is 1. The van der Waals surface area contributed by atoms with E-state index in [9.17, 15) is 9.90 Å². The fourth-order valence-electron chi connectivity index (χ4n) is 2.13. The Morgan fingerprint density at radius 1 is 1.24 bits per heavy atom. The molecule has 0 heterocycles. The summed E-state index contributed by atoms with van der Waals surface area (Å²) < 4.78 is 15.6. The maximum absolute atomic E-state index is 12.1. The van der Waals surface area contributed by atoms with Crippen LogP contribution in [-0.2, 0) is 11.3 Å². The lowest BCUT2D eigenvalue weighted by atomic mass is 10.1. The van der Waals surface area contributed by atoms with E-state index in [1.54, 1.807) is 24.1 Å². The summed E-state index contributed by atoms with van der Waals surface area (Å²) in [7, 11) is 4.69. The summed E-state index contributed by atoms with van der Waals surface area (Å²) in [6.45, 7) is 8.59. The zero-order valence-corrected chi connectivity index (χ0v) is 16.2. The van der Waals surface area contributed by atoms with Crippen LogP contribution in [0.3, 0.4) is 0 Å². The average molecular weight is 354 g/mol. The summed E-state index contributed by atoms with van der Waals surface area (Å²) in [4.78, 5) is 13.6. The third-order valence-corrected chi connectivity index (χ3v) is 3.65. The minimum atomic E-state index is -0.516. The number of hydrogen-bond acceptors (Lipinski definition) is 6. The number of methoxy groups -OCH3 is 2. The van der Waals surface area contributed by atoms with Crippen LogP contribution in [0.5, 0.6) is 17.2 Å². The zero-order chi connectivity index (χ0) is 19.2. The number of hydrogen-bond donors (Lipinski definition) is 2. The quantitative estimate of drug-likeness (QED) is 0.784. The van der Waals surface area contributed by atoms with Crippen molar-refractivity contribution in [1.29, 1.82) is 0 Å². The van der Waals surface area contributed by atoms with Crippen molar-refractivity contribution in [2.45, 2.75) is 45.9 Å². The molecule has 7 nitrogen and oxygen atoms in total. The molecule has 0 radical (unpaired) electrons. The molecule has 1 aromatic rings. The first-order valence-corrected chi connectivity index (χ1v) is 8.19. The molecule has 142 valence electrons. The molecule has 1 unspecified atom stereocenters. The molecule has 25 heavy (non-hydrogen) atoms. The van der Waals surface area contributed by atoms with Gasteiger partial charge in [-0.3, -0.25) is 0 Å². The van der Waals surface area contributed by atoms with E-state index >= 15 is 0 Å². The van der Waals surface area contributed by atoms with E-state index in [0.717, 1.165) is 5.56 Å². The molecule has 0 bridgehead atoms. The molecule has 1 amide bonds. The Bertz CT molecular complexity index is 558. The molecule has 1 rings (SSSR count). The number of carbonyl (C=O) groups excluding carboxylic acids is 1. The summed E-state index contributed by atoms with van der Waals surface area (Å²) in [5.41, 5.74) is 0.385. The summed E-state index contributed by atoms with van der Waals surface area (Å²) in [6, 6.07) is 3.44. The number of ether oxygens (including phenoxy) is 3. The van der Waals surface area contributed by atoms with Gasteiger partial charge in [-0.25, -0.2) is 4.79 Å². The molecule has 7 heteroatoms. The zero-order valence-electron chi connectivity index (χ0n) is 16.2. The van der Waals surface area contributed by atoms with Gasteiger partial charge >= 0.3 is 6.09 Å². The number of rotatable bonds is 7. The van der Waals surface area contributed by atoms with Gasteiger partial charge in [0.25, 0.3) is 0 Å². The number of amides is 1. The third-order valence-electron chi connectivity index (χ3n) is 3.65. The smallest absolute Gasteiger partial charge is 0.410 e. The van der Waals surface area contributed by atoms with Crippen LogP contribution in [-0.4, -0.2) is 55.6 Å².